The summed E-state index contributed by atoms with van der Waals surface area (Å²) >= 11 is 0. The first-order chi connectivity index (χ1) is 9.30. The lowest BCUT2D eigenvalue weighted by Gasteiger charge is -2.20. The van der Waals surface area contributed by atoms with Crippen LogP contribution < -0.4 is 10.5 Å². The van der Waals surface area contributed by atoms with Crippen molar-refractivity contribution in [3.63, 3.8) is 0 Å². The third-order valence-electron chi connectivity index (χ3n) is 3.00. The van der Waals surface area contributed by atoms with Crippen LogP contribution in [0, 0.1) is 0 Å². The second kappa shape index (κ2) is 9.78. The third kappa shape index (κ3) is 6.57. The zero-order chi connectivity index (χ0) is 13.9. The van der Waals surface area contributed by atoms with Crippen LogP contribution in [-0.2, 0) is 6.54 Å². The van der Waals surface area contributed by atoms with E-state index in [2.05, 4.69) is 11.8 Å². The average Bonchev–Trinajstić information content (AvgIpc) is 2.44. The molecule has 0 saturated heterocycles. The first-order valence-corrected chi connectivity index (χ1v) is 7.05. The Hall–Kier alpha value is -1.10. The minimum atomic E-state index is 0.224. The zero-order valence-corrected chi connectivity index (χ0v) is 11.8. The van der Waals surface area contributed by atoms with Crippen LogP contribution in [0.1, 0.15) is 25.3 Å². The van der Waals surface area contributed by atoms with E-state index in [1.54, 1.807) is 0 Å². The molecule has 1 rings (SSSR count). The van der Waals surface area contributed by atoms with Gasteiger partial charge in [0.25, 0.3) is 0 Å². The van der Waals surface area contributed by atoms with Crippen LogP contribution >= 0.6 is 0 Å². The van der Waals surface area contributed by atoms with Crippen LogP contribution in [0.3, 0.4) is 0 Å². The average molecular weight is 266 g/mol. The second-order valence-corrected chi connectivity index (χ2v) is 4.62. The van der Waals surface area contributed by atoms with E-state index in [1.807, 2.05) is 24.3 Å². The molecule has 0 spiro atoms. The van der Waals surface area contributed by atoms with Gasteiger partial charge in [0.2, 0.25) is 0 Å². The Morgan fingerprint density at radius 1 is 1.16 bits per heavy atom. The number of benzene rings is 1. The van der Waals surface area contributed by atoms with Crippen molar-refractivity contribution in [2.75, 3.05) is 32.8 Å². The molecule has 19 heavy (non-hydrogen) atoms. The van der Waals surface area contributed by atoms with Crippen molar-refractivity contribution in [2.24, 2.45) is 5.73 Å². The molecule has 0 atom stereocenters. The molecule has 3 N–H and O–H groups in total. The number of ether oxygens (including phenoxy) is 1. The van der Waals surface area contributed by atoms with Gasteiger partial charge in [-0.05, 0) is 37.1 Å². The largest absolute Gasteiger partial charge is 0.494 e. The van der Waals surface area contributed by atoms with Crippen LogP contribution in [0.5, 0.6) is 5.75 Å². The van der Waals surface area contributed by atoms with Crippen LogP contribution in [0.4, 0.5) is 0 Å². The van der Waals surface area contributed by atoms with Crippen molar-refractivity contribution in [3.8, 4) is 5.75 Å². The van der Waals surface area contributed by atoms with Gasteiger partial charge in [-0.3, -0.25) is 0 Å². The predicted octanol–water partition coefficient (Wildman–Crippen LogP) is 1.62. The lowest BCUT2D eigenvalue weighted by atomic mass is 10.2. The fourth-order valence-corrected chi connectivity index (χ4v) is 1.99. The third-order valence-corrected chi connectivity index (χ3v) is 3.00. The predicted molar refractivity (Wildman–Crippen MR) is 78.3 cm³/mol. The molecule has 0 saturated carbocycles. The van der Waals surface area contributed by atoms with Crippen molar-refractivity contribution < 1.29 is 9.84 Å². The van der Waals surface area contributed by atoms with E-state index in [4.69, 9.17) is 15.6 Å². The maximum Gasteiger partial charge on any atom is 0.119 e. The Labute approximate surface area is 116 Å². The molecular weight excluding hydrogens is 240 g/mol. The Kier molecular flexibility index (Phi) is 8.21. The first kappa shape index (κ1) is 16.0. The van der Waals surface area contributed by atoms with Crippen molar-refractivity contribution >= 4 is 0 Å². The van der Waals surface area contributed by atoms with E-state index < -0.39 is 0 Å². The normalized spacial score (nSPS) is 10.9. The van der Waals surface area contributed by atoms with Crippen LogP contribution in [0.15, 0.2) is 24.3 Å². The fourth-order valence-electron chi connectivity index (χ4n) is 1.99. The van der Waals surface area contributed by atoms with E-state index in [1.165, 1.54) is 0 Å². The maximum atomic E-state index is 8.96. The Morgan fingerprint density at radius 2 is 1.89 bits per heavy atom. The van der Waals surface area contributed by atoms with Crippen LogP contribution in [0.25, 0.3) is 0 Å². The van der Waals surface area contributed by atoms with E-state index in [0.717, 1.165) is 43.8 Å². The van der Waals surface area contributed by atoms with Gasteiger partial charge in [-0.2, -0.15) is 0 Å². The summed E-state index contributed by atoms with van der Waals surface area (Å²) in [4.78, 5) is 2.26. The summed E-state index contributed by atoms with van der Waals surface area (Å²) in [7, 11) is 0. The van der Waals surface area contributed by atoms with Gasteiger partial charge in [0.1, 0.15) is 5.75 Å². The highest BCUT2D eigenvalue weighted by atomic mass is 16.5. The maximum absolute atomic E-state index is 8.96. The molecule has 0 amide bonds. The zero-order valence-electron chi connectivity index (χ0n) is 11.8. The van der Waals surface area contributed by atoms with E-state index >= 15 is 0 Å². The van der Waals surface area contributed by atoms with Gasteiger partial charge in [0, 0.05) is 19.6 Å². The Bertz CT molecular complexity index is 321. The summed E-state index contributed by atoms with van der Waals surface area (Å²) in [5.74, 6) is 0.890. The smallest absolute Gasteiger partial charge is 0.119 e. The number of nitrogens with zero attached hydrogens (tertiary/aromatic N) is 1. The molecule has 108 valence electrons. The number of aliphatic hydroxyl groups is 1. The minimum Gasteiger partial charge on any atom is -0.494 e. The van der Waals surface area contributed by atoms with E-state index in [-0.39, 0.29) is 6.61 Å². The number of nitrogens with two attached hydrogens (primary N) is 1. The summed E-state index contributed by atoms with van der Waals surface area (Å²) in [5.41, 5.74) is 6.66. The molecule has 0 aliphatic heterocycles. The van der Waals surface area contributed by atoms with Gasteiger partial charge < -0.3 is 20.5 Å². The second-order valence-electron chi connectivity index (χ2n) is 4.62. The standard InChI is InChI=1S/C15H26N2O2/c1-2-8-17(10-11-18)9-3-12-19-15-6-4-14(13-16)5-7-15/h4-7,18H,2-3,8-13,16H2,1H3. The number of rotatable bonds is 10. The Morgan fingerprint density at radius 3 is 2.47 bits per heavy atom. The minimum absolute atomic E-state index is 0.224. The van der Waals surface area contributed by atoms with Crippen molar-refractivity contribution in [1.29, 1.82) is 0 Å². The van der Waals surface area contributed by atoms with Gasteiger partial charge in [-0.15, -0.1) is 0 Å². The lowest BCUT2D eigenvalue weighted by Crippen LogP contribution is -2.29. The molecule has 0 aromatic heterocycles. The number of hydrogen-bond acceptors (Lipinski definition) is 4. The molecule has 0 unspecified atom stereocenters. The van der Waals surface area contributed by atoms with Crippen LogP contribution in [-0.4, -0.2) is 42.9 Å². The van der Waals surface area contributed by atoms with Gasteiger partial charge in [0.15, 0.2) is 0 Å². The molecule has 0 heterocycles. The van der Waals surface area contributed by atoms with Gasteiger partial charge in [0.05, 0.1) is 13.2 Å². The molecule has 0 fully saturated rings. The van der Waals surface area contributed by atoms with Crippen molar-refractivity contribution in [1.82, 2.24) is 4.90 Å². The first-order valence-electron chi connectivity index (χ1n) is 7.05. The molecule has 4 nitrogen and oxygen atoms in total. The molecule has 0 aliphatic carbocycles. The molecule has 0 radical (unpaired) electrons. The Balaban J connectivity index is 2.21. The van der Waals surface area contributed by atoms with Crippen LogP contribution in [0.2, 0.25) is 0 Å². The van der Waals surface area contributed by atoms with E-state index in [0.29, 0.717) is 13.2 Å². The van der Waals surface area contributed by atoms with Gasteiger partial charge in [-0.25, -0.2) is 0 Å². The number of aliphatic hydroxyl groups excluding tert-OH is 1. The molecule has 1 aromatic rings. The van der Waals surface area contributed by atoms with Gasteiger partial charge in [-0.1, -0.05) is 19.1 Å². The summed E-state index contributed by atoms with van der Waals surface area (Å²) < 4.78 is 5.68. The summed E-state index contributed by atoms with van der Waals surface area (Å²) in [6.07, 6.45) is 2.08. The number of hydrogen-bond donors (Lipinski definition) is 2. The topological polar surface area (TPSA) is 58.7 Å². The van der Waals surface area contributed by atoms with Crippen molar-refractivity contribution in [2.45, 2.75) is 26.3 Å². The molecule has 4 heteroatoms. The monoisotopic (exact) mass is 266 g/mol. The van der Waals surface area contributed by atoms with Gasteiger partial charge >= 0.3 is 0 Å². The molecule has 0 aliphatic rings. The summed E-state index contributed by atoms with van der Waals surface area (Å²) in [6, 6.07) is 7.90. The SMILES string of the molecule is CCCN(CCO)CCCOc1ccc(CN)cc1. The highest BCUT2D eigenvalue weighted by Gasteiger charge is 2.02. The fraction of sp³-hybridized carbons (Fsp3) is 0.600. The molecule has 1 aromatic carbocycles. The highest BCUT2D eigenvalue weighted by molar-refractivity contribution is 5.26. The molecule has 0 bridgehead atoms. The highest BCUT2D eigenvalue weighted by Crippen LogP contribution is 2.12. The lowest BCUT2D eigenvalue weighted by molar-refractivity contribution is 0.183. The van der Waals surface area contributed by atoms with Crippen molar-refractivity contribution in [3.05, 3.63) is 29.8 Å². The van der Waals surface area contributed by atoms with E-state index in [9.17, 15) is 0 Å². The summed E-state index contributed by atoms with van der Waals surface area (Å²) in [6.45, 7) is 6.39. The summed E-state index contributed by atoms with van der Waals surface area (Å²) in [5, 5.41) is 8.96. The quantitative estimate of drug-likeness (QED) is 0.632. The molecular formula is C15H26N2O2.